The van der Waals surface area contributed by atoms with Gasteiger partial charge in [0, 0.05) is 7.11 Å². The van der Waals surface area contributed by atoms with Crippen LogP contribution < -0.4 is 0 Å². The molecule has 0 N–H and O–H groups in total. The van der Waals surface area contributed by atoms with Crippen LogP contribution in [0.2, 0.25) is 0 Å². The molecule has 0 heterocycles. The van der Waals surface area contributed by atoms with E-state index in [1.165, 1.54) is 12.8 Å². The molecule has 3 aliphatic rings. The molecule has 3 rings (SSSR count). The summed E-state index contributed by atoms with van der Waals surface area (Å²) in [4.78, 5) is 0. The molecule has 3 aliphatic carbocycles. The van der Waals surface area contributed by atoms with Crippen molar-refractivity contribution in [1.29, 1.82) is 0 Å². The Morgan fingerprint density at radius 1 is 1.25 bits per heavy atom. The molecule has 0 radical (unpaired) electrons. The van der Waals surface area contributed by atoms with E-state index in [0.717, 1.165) is 17.8 Å². The summed E-state index contributed by atoms with van der Waals surface area (Å²) in [6, 6.07) is 0. The van der Waals surface area contributed by atoms with E-state index in [9.17, 15) is 0 Å². The third kappa shape index (κ3) is 0.891. The van der Waals surface area contributed by atoms with E-state index < -0.39 is 0 Å². The van der Waals surface area contributed by atoms with Crippen LogP contribution in [0, 0.1) is 23.2 Å². The second-order valence-electron chi connectivity index (χ2n) is 5.23. The lowest BCUT2D eigenvalue weighted by Gasteiger charge is -2.61. The molecule has 0 aliphatic heterocycles. The first-order valence-corrected chi connectivity index (χ1v) is 5.10. The summed E-state index contributed by atoms with van der Waals surface area (Å²) in [7, 11) is 1.86. The number of methoxy groups -OCH3 is 1. The SMILES string of the molecule is CO[C@H]1CC2CC([C@H]1C)C2(C)C. The molecule has 2 bridgehead atoms. The lowest BCUT2D eigenvalue weighted by molar-refractivity contribution is -0.163. The summed E-state index contributed by atoms with van der Waals surface area (Å²) in [6.07, 6.45) is 3.29. The maximum atomic E-state index is 5.50. The molecular formula is C11H20O. The third-order valence-electron chi connectivity index (χ3n) is 4.59. The van der Waals surface area contributed by atoms with Crippen molar-refractivity contribution in [3.63, 3.8) is 0 Å². The maximum absolute atomic E-state index is 5.50. The number of rotatable bonds is 1. The van der Waals surface area contributed by atoms with Gasteiger partial charge in [0.25, 0.3) is 0 Å². The van der Waals surface area contributed by atoms with Gasteiger partial charge >= 0.3 is 0 Å². The van der Waals surface area contributed by atoms with E-state index in [-0.39, 0.29) is 0 Å². The highest BCUT2D eigenvalue weighted by atomic mass is 16.5. The molecule has 0 aromatic carbocycles. The Kier molecular flexibility index (Phi) is 1.76. The Morgan fingerprint density at radius 3 is 2.33 bits per heavy atom. The van der Waals surface area contributed by atoms with Crippen molar-refractivity contribution in [2.45, 2.75) is 39.7 Å². The van der Waals surface area contributed by atoms with Gasteiger partial charge in [0.1, 0.15) is 0 Å². The lowest BCUT2D eigenvalue weighted by atomic mass is 9.45. The second-order valence-corrected chi connectivity index (χ2v) is 5.23. The van der Waals surface area contributed by atoms with Crippen LogP contribution in [0.25, 0.3) is 0 Å². The van der Waals surface area contributed by atoms with Gasteiger partial charge < -0.3 is 4.74 Å². The minimum Gasteiger partial charge on any atom is -0.381 e. The molecule has 4 atom stereocenters. The topological polar surface area (TPSA) is 9.23 Å². The minimum absolute atomic E-state index is 0.543. The molecule has 3 saturated carbocycles. The van der Waals surface area contributed by atoms with Gasteiger partial charge in [0.15, 0.2) is 0 Å². The number of hydrogen-bond donors (Lipinski definition) is 0. The largest absolute Gasteiger partial charge is 0.381 e. The van der Waals surface area contributed by atoms with Crippen LogP contribution in [0.1, 0.15) is 33.6 Å². The van der Waals surface area contributed by atoms with Crippen LogP contribution in [0.15, 0.2) is 0 Å². The van der Waals surface area contributed by atoms with Crippen LogP contribution in [0.3, 0.4) is 0 Å². The molecule has 0 amide bonds. The second kappa shape index (κ2) is 2.47. The fraction of sp³-hybridized carbons (Fsp3) is 1.00. The third-order valence-corrected chi connectivity index (χ3v) is 4.59. The van der Waals surface area contributed by atoms with Crippen molar-refractivity contribution >= 4 is 0 Å². The zero-order valence-electron chi connectivity index (χ0n) is 8.63. The Labute approximate surface area is 75.5 Å². The molecule has 70 valence electrons. The van der Waals surface area contributed by atoms with Crippen molar-refractivity contribution in [2.75, 3.05) is 7.11 Å². The number of ether oxygens (including phenoxy) is 1. The summed E-state index contributed by atoms with van der Waals surface area (Å²) >= 11 is 0. The van der Waals surface area contributed by atoms with Gasteiger partial charge in [0.05, 0.1) is 6.10 Å². The molecule has 2 unspecified atom stereocenters. The Hall–Kier alpha value is -0.0400. The number of fused-ring (bicyclic) bond motifs is 2. The van der Waals surface area contributed by atoms with E-state index >= 15 is 0 Å². The van der Waals surface area contributed by atoms with E-state index in [0.29, 0.717) is 11.5 Å². The molecule has 0 aromatic rings. The summed E-state index contributed by atoms with van der Waals surface area (Å²) in [5.41, 5.74) is 0.606. The van der Waals surface area contributed by atoms with Crippen LogP contribution in [-0.4, -0.2) is 13.2 Å². The van der Waals surface area contributed by atoms with E-state index in [1.54, 1.807) is 0 Å². The normalized spacial score (nSPS) is 50.0. The van der Waals surface area contributed by atoms with Gasteiger partial charge in [-0.3, -0.25) is 0 Å². The van der Waals surface area contributed by atoms with Crippen molar-refractivity contribution in [3.05, 3.63) is 0 Å². The van der Waals surface area contributed by atoms with Crippen LogP contribution in [-0.2, 0) is 4.74 Å². The van der Waals surface area contributed by atoms with E-state index in [1.807, 2.05) is 7.11 Å². The van der Waals surface area contributed by atoms with Crippen LogP contribution in [0.5, 0.6) is 0 Å². The van der Waals surface area contributed by atoms with Gasteiger partial charge in [-0.2, -0.15) is 0 Å². The van der Waals surface area contributed by atoms with Crippen LogP contribution >= 0.6 is 0 Å². The van der Waals surface area contributed by atoms with E-state index in [2.05, 4.69) is 20.8 Å². The summed E-state index contributed by atoms with van der Waals surface area (Å²) in [5.74, 6) is 2.62. The fourth-order valence-electron chi connectivity index (χ4n) is 3.41. The molecule has 12 heavy (non-hydrogen) atoms. The molecule has 0 saturated heterocycles. The van der Waals surface area contributed by atoms with Crippen molar-refractivity contribution in [2.24, 2.45) is 23.2 Å². The Balaban J connectivity index is 2.11. The van der Waals surface area contributed by atoms with Gasteiger partial charge in [-0.15, -0.1) is 0 Å². The summed E-state index contributed by atoms with van der Waals surface area (Å²) < 4.78 is 5.50. The van der Waals surface area contributed by atoms with Gasteiger partial charge in [0.2, 0.25) is 0 Å². The molecule has 1 heteroatoms. The standard InChI is InChI=1S/C11H20O/c1-7-9-5-8(11(9,2)3)6-10(7)12-4/h7-10H,5-6H2,1-4H3/t7-,8?,9?,10+/m1/s1. The minimum atomic E-state index is 0.543. The first kappa shape index (κ1) is 8.55. The molecule has 1 nitrogen and oxygen atoms in total. The van der Waals surface area contributed by atoms with Crippen LogP contribution in [0.4, 0.5) is 0 Å². The Morgan fingerprint density at radius 2 is 1.92 bits per heavy atom. The van der Waals surface area contributed by atoms with Crippen molar-refractivity contribution in [3.8, 4) is 0 Å². The number of hydrogen-bond acceptors (Lipinski definition) is 1. The van der Waals surface area contributed by atoms with Crippen molar-refractivity contribution in [1.82, 2.24) is 0 Å². The zero-order valence-corrected chi connectivity index (χ0v) is 8.63. The molecule has 0 spiro atoms. The highest BCUT2D eigenvalue weighted by Gasteiger charge is 2.56. The summed E-state index contributed by atoms with van der Waals surface area (Å²) in [6.45, 7) is 7.21. The fourth-order valence-corrected chi connectivity index (χ4v) is 3.41. The van der Waals surface area contributed by atoms with Crippen molar-refractivity contribution < 1.29 is 4.74 Å². The monoisotopic (exact) mass is 168 g/mol. The molecule has 0 aromatic heterocycles. The Bertz CT molecular complexity index is 185. The average molecular weight is 168 g/mol. The van der Waals surface area contributed by atoms with Gasteiger partial charge in [-0.25, -0.2) is 0 Å². The van der Waals surface area contributed by atoms with E-state index in [4.69, 9.17) is 4.74 Å². The molecule has 3 fully saturated rings. The smallest absolute Gasteiger partial charge is 0.0602 e. The summed E-state index contributed by atoms with van der Waals surface area (Å²) in [5, 5.41) is 0. The first-order chi connectivity index (χ1) is 5.57. The highest BCUT2D eigenvalue weighted by Crippen LogP contribution is 2.61. The van der Waals surface area contributed by atoms with Gasteiger partial charge in [-0.05, 0) is 36.0 Å². The average Bonchev–Trinajstić information content (AvgIpc) is 2.03. The maximum Gasteiger partial charge on any atom is 0.0602 e. The molecular weight excluding hydrogens is 148 g/mol. The van der Waals surface area contributed by atoms with Gasteiger partial charge in [-0.1, -0.05) is 20.8 Å². The lowest BCUT2D eigenvalue weighted by Crippen LogP contribution is -2.57. The first-order valence-electron chi connectivity index (χ1n) is 5.10. The predicted octanol–water partition coefficient (Wildman–Crippen LogP) is 2.70. The quantitative estimate of drug-likeness (QED) is 0.585. The zero-order chi connectivity index (χ0) is 8.93. The predicted molar refractivity (Wildman–Crippen MR) is 50.0 cm³/mol. The highest BCUT2D eigenvalue weighted by molar-refractivity contribution is 5.05.